The van der Waals surface area contributed by atoms with Crippen molar-refractivity contribution in [3.8, 4) is 11.5 Å². The van der Waals surface area contributed by atoms with E-state index in [1.54, 1.807) is 29.2 Å². The highest BCUT2D eigenvalue weighted by Gasteiger charge is 2.65. The number of ether oxygens (including phenoxy) is 6. The fraction of sp³-hybridized carbons (Fsp3) is 0.538. The zero-order valence-corrected chi connectivity index (χ0v) is 37.8. The summed E-state index contributed by atoms with van der Waals surface area (Å²) in [5, 5.41) is 24.9. The van der Waals surface area contributed by atoms with E-state index < -0.39 is 30.1 Å². The predicted octanol–water partition coefficient (Wildman–Crippen LogP) is 9.63. The number of unbranched alkanes of at least 4 members (excludes halogenated alkanes) is 2. The SMILES string of the molecule is C=CCO[C@@]12Oc3ccc(OCc4ccccc4F)cc3[C@H]3[C@H](CCCCO)[C@@H](CCCCO)C=C(C(=NOC4CCCCO4)C[C@@H]1N(CCC)C(=O)OCCOCc1ccccc1)[C@H]32. The highest BCUT2D eigenvalue weighted by atomic mass is 19.1. The van der Waals surface area contributed by atoms with Crippen LogP contribution in [0.3, 0.4) is 0 Å². The minimum absolute atomic E-state index is 0.0149. The molecule has 1 saturated carbocycles. The van der Waals surface area contributed by atoms with Crippen LogP contribution in [0.15, 0.2) is 102 Å². The molecule has 3 aromatic rings. The molecule has 0 radical (unpaired) electrons. The second-order valence-corrected chi connectivity index (χ2v) is 17.4. The third-order valence-corrected chi connectivity index (χ3v) is 13.1. The minimum atomic E-state index is -1.45. The van der Waals surface area contributed by atoms with E-state index in [-0.39, 0.29) is 69.6 Å². The molecule has 4 aliphatic rings. The quantitative estimate of drug-likeness (QED) is 0.0508. The third-order valence-electron chi connectivity index (χ3n) is 13.1. The lowest BCUT2D eigenvalue weighted by Gasteiger charge is -2.60. The number of carbonyl (C=O) groups is 1. The fourth-order valence-corrected chi connectivity index (χ4v) is 10.1. The van der Waals surface area contributed by atoms with Gasteiger partial charge in [0.15, 0.2) is 0 Å². The zero-order valence-electron chi connectivity index (χ0n) is 37.8. The Kier molecular flexibility index (Phi) is 17.9. The topological polar surface area (TPSA) is 138 Å². The van der Waals surface area contributed by atoms with Crippen LogP contribution in [-0.2, 0) is 37.0 Å². The highest BCUT2D eigenvalue weighted by Crippen LogP contribution is 2.62. The summed E-state index contributed by atoms with van der Waals surface area (Å²) in [6, 6.07) is 21.4. The molecule has 0 spiro atoms. The molecule has 0 aromatic heterocycles. The van der Waals surface area contributed by atoms with Crippen LogP contribution in [0.2, 0.25) is 0 Å². The number of oxime groups is 1. The highest BCUT2D eigenvalue weighted by molar-refractivity contribution is 6.03. The summed E-state index contributed by atoms with van der Waals surface area (Å²) in [7, 11) is 0. The van der Waals surface area contributed by atoms with Crippen molar-refractivity contribution in [1.29, 1.82) is 0 Å². The molecule has 7 atom stereocenters. The average Bonchev–Trinajstić information content (AvgIpc) is 3.33. The second kappa shape index (κ2) is 24.1. The van der Waals surface area contributed by atoms with E-state index in [0.29, 0.717) is 68.2 Å². The van der Waals surface area contributed by atoms with E-state index in [1.807, 2.05) is 55.5 Å². The van der Waals surface area contributed by atoms with Gasteiger partial charge < -0.3 is 43.5 Å². The van der Waals surface area contributed by atoms with Gasteiger partial charge in [0, 0.05) is 49.6 Å². The lowest BCUT2D eigenvalue weighted by Crippen LogP contribution is -2.70. The van der Waals surface area contributed by atoms with Gasteiger partial charge in [0.2, 0.25) is 12.1 Å². The van der Waals surface area contributed by atoms with E-state index in [0.717, 1.165) is 55.2 Å². The number of rotatable bonds is 24. The van der Waals surface area contributed by atoms with Gasteiger partial charge in [-0.25, -0.2) is 9.18 Å². The zero-order chi connectivity index (χ0) is 45.4. The molecule has 2 fully saturated rings. The summed E-state index contributed by atoms with van der Waals surface area (Å²) >= 11 is 0. The maximum Gasteiger partial charge on any atom is 0.410 e. The molecular formula is C52H67FN2O10. The molecule has 1 saturated heterocycles. The van der Waals surface area contributed by atoms with Crippen LogP contribution in [0.4, 0.5) is 9.18 Å². The molecule has 0 bridgehead atoms. The predicted molar refractivity (Wildman–Crippen MR) is 245 cm³/mol. The van der Waals surface area contributed by atoms with Crippen molar-refractivity contribution in [3.05, 3.63) is 120 Å². The summed E-state index contributed by atoms with van der Waals surface area (Å²) in [5.74, 6) is -1.36. The number of halogens is 1. The van der Waals surface area contributed by atoms with Crippen molar-refractivity contribution in [3.63, 3.8) is 0 Å². The van der Waals surface area contributed by atoms with Gasteiger partial charge in [0.25, 0.3) is 0 Å². The summed E-state index contributed by atoms with van der Waals surface area (Å²) in [6.07, 6.45) is 10.9. The van der Waals surface area contributed by atoms with E-state index in [4.69, 9.17) is 38.4 Å². The largest absolute Gasteiger partial charge is 0.489 e. The maximum absolute atomic E-state index is 14.8. The minimum Gasteiger partial charge on any atom is -0.489 e. The Hall–Kier alpha value is -4.79. The molecule has 3 aromatic carbocycles. The van der Waals surface area contributed by atoms with Crippen LogP contribution in [0.1, 0.15) is 100 Å². The van der Waals surface area contributed by atoms with Crippen molar-refractivity contribution in [2.24, 2.45) is 22.9 Å². The molecule has 1 amide bonds. The Morgan fingerprint density at radius 3 is 2.54 bits per heavy atom. The molecule has 352 valence electrons. The molecular weight excluding hydrogens is 832 g/mol. The normalized spacial score (nSPS) is 25.1. The van der Waals surface area contributed by atoms with Crippen LogP contribution >= 0.6 is 0 Å². The summed E-state index contributed by atoms with van der Waals surface area (Å²) in [5.41, 5.74) is 3.97. The number of nitrogens with zero attached hydrogens (tertiary/aromatic N) is 2. The Morgan fingerprint density at radius 2 is 1.78 bits per heavy atom. The van der Waals surface area contributed by atoms with Crippen LogP contribution in [0.5, 0.6) is 11.5 Å². The molecule has 2 aliphatic heterocycles. The first kappa shape index (κ1) is 48.2. The van der Waals surface area contributed by atoms with Gasteiger partial charge in [-0.15, -0.1) is 6.58 Å². The first-order chi connectivity index (χ1) is 31.9. The maximum atomic E-state index is 14.8. The van der Waals surface area contributed by atoms with E-state index in [1.165, 1.54) is 6.07 Å². The number of allylic oxidation sites excluding steroid dienone is 1. The molecule has 13 heteroatoms. The monoisotopic (exact) mass is 898 g/mol. The molecule has 65 heavy (non-hydrogen) atoms. The smallest absolute Gasteiger partial charge is 0.410 e. The van der Waals surface area contributed by atoms with E-state index in [2.05, 4.69) is 12.7 Å². The van der Waals surface area contributed by atoms with Gasteiger partial charge in [-0.05, 0) is 92.2 Å². The number of benzene rings is 3. The number of carbonyl (C=O) groups excluding carboxylic acids is 1. The number of fused-ring (bicyclic) bond motifs is 2. The fourth-order valence-electron chi connectivity index (χ4n) is 10.1. The van der Waals surface area contributed by atoms with Crippen molar-refractivity contribution in [2.45, 2.75) is 115 Å². The van der Waals surface area contributed by atoms with Crippen molar-refractivity contribution < 1.29 is 52.7 Å². The number of hydrogen-bond acceptors (Lipinski definition) is 11. The number of aliphatic hydroxyl groups excluding tert-OH is 2. The Bertz CT molecular complexity index is 2040. The Morgan fingerprint density at radius 1 is 0.985 bits per heavy atom. The lowest BCUT2D eigenvalue weighted by molar-refractivity contribution is -0.255. The van der Waals surface area contributed by atoms with E-state index in [9.17, 15) is 19.4 Å². The van der Waals surface area contributed by atoms with Crippen LogP contribution in [0.25, 0.3) is 0 Å². The third kappa shape index (κ3) is 11.8. The van der Waals surface area contributed by atoms with E-state index >= 15 is 0 Å². The first-order valence-electron chi connectivity index (χ1n) is 23.7. The average molecular weight is 899 g/mol. The molecule has 1 unspecified atom stereocenters. The Labute approximate surface area is 383 Å². The number of amides is 1. The molecule has 2 heterocycles. The summed E-state index contributed by atoms with van der Waals surface area (Å²) in [4.78, 5) is 22.6. The van der Waals surface area contributed by atoms with Crippen LogP contribution in [0, 0.1) is 23.6 Å². The number of hydrogen-bond donors (Lipinski definition) is 2. The van der Waals surface area contributed by atoms with Crippen molar-refractivity contribution in [2.75, 3.05) is 46.2 Å². The van der Waals surface area contributed by atoms with Crippen molar-refractivity contribution >= 4 is 11.8 Å². The Balaban J connectivity index is 1.33. The van der Waals surface area contributed by atoms with Gasteiger partial charge in [0.1, 0.15) is 36.6 Å². The summed E-state index contributed by atoms with van der Waals surface area (Å²) < 4.78 is 53.4. The number of aliphatic hydroxyl groups is 2. The van der Waals surface area contributed by atoms with Crippen LogP contribution < -0.4 is 9.47 Å². The first-order valence-corrected chi connectivity index (χ1v) is 23.7. The molecule has 12 nitrogen and oxygen atoms in total. The standard InChI is InChI=1S/C52H67FN2O10/c1-3-25-55(51(58)61-31-30-59-35-37-16-6-5-7-17-37)47-34-45(54-65-48-22-12-15-29-60-48)42-32-38(18-10-13-26-56)41(20-11-14-27-57)49-43-33-40(62-36-39-19-8-9-21-44(39)53)23-24-46(43)64-52(47,50(42)49)63-28-4-2/h4-9,16-17,19,21,23-24,32-33,38,41,47-50,56-57H,2-3,10-15,18,20,22,25-31,34-36H2,1H3/t38-,41+,47-,48?,49+,50+,52+/m0/s1. The second-order valence-electron chi connectivity index (χ2n) is 17.4. The molecule has 2 N–H and O–H groups in total. The van der Waals surface area contributed by atoms with Gasteiger partial charge in [-0.2, -0.15) is 0 Å². The van der Waals surface area contributed by atoms with Crippen LogP contribution in [-0.4, -0.2) is 91.2 Å². The molecule has 2 aliphatic carbocycles. The van der Waals surface area contributed by atoms with Gasteiger partial charge in [0.05, 0.1) is 38.1 Å². The summed E-state index contributed by atoms with van der Waals surface area (Å²) in [6.45, 7) is 7.95. The molecule has 7 rings (SSSR count). The van der Waals surface area contributed by atoms with Crippen molar-refractivity contribution in [1.82, 2.24) is 4.90 Å². The van der Waals surface area contributed by atoms with Gasteiger partial charge in [-0.3, -0.25) is 4.90 Å². The lowest BCUT2D eigenvalue weighted by atomic mass is 9.55. The van der Waals surface area contributed by atoms with Gasteiger partial charge >= 0.3 is 6.09 Å². The van der Waals surface area contributed by atoms with Gasteiger partial charge in [-0.1, -0.05) is 85.6 Å².